The molecule has 0 radical (unpaired) electrons. The first-order chi connectivity index (χ1) is 11.0. The summed E-state index contributed by atoms with van der Waals surface area (Å²) in [5.41, 5.74) is 2.19. The van der Waals surface area contributed by atoms with Gasteiger partial charge in [0.2, 0.25) is 5.13 Å². The van der Waals surface area contributed by atoms with E-state index >= 15 is 0 Å². The normalized spacial score (nSPS) is 10.8. The molecule has 2 rings (SSSR count). The zero-order valence-corrected chi connectivity index (χ0v) is 14.9. The summed E-state index contributed by atoms with van der Waals surface area (Å²) in [4.78, 5) is 12.0. The second kappa shape index (κ2) is 8.06. The van der Waals surface area contributed by atoms with Gasteiger partial charge in [0.25, 0.3) is 5.91 Å². The van der Waals surface area contributed by atoms with E-state index < -0.39 is 0 Å². The van der Waals surface area contributed by atoms with Crippen molar-refractivity contribution in [1.82, 2.24) is 10.2 Å². The van der Waals surface area contributed by atoms with E-state index in [9.17, 15) is 4.79 Å². The van der Waals surface area contributed by atoms with Crippen LogP contribution in [0.2, 0.25) is 0 Å². The second-order valence-corrected chi connectivity index (χ2v) is 6.57. The highest BCUT2D eigenvalue weighted by molar-refractivity contribution is 7.15. The smallest absolute Gasteiger partial charge is 0.264 e. The van der Waals surface area contributed by atoms with E-state index in [4.69, 9.17) is 4.74 Å². The van der Waals surface area contributed by atoms with E-state index in [-0.39, 0.29) is 12.5 Å². The monoisotopic (exact) mass is 333 g/mol. The molecular formula is C17H23N3O2S. The first kappa shape index (κ1) is 17.4. The van der Waals surface area contributed by atoms with E-state index in [1.165, 1.54) is 16.9 Å². The summed E-state index contributed by atoms with van der Waals surface area (Å²) in [6.45, 7) is 8.21. The van der Waals surface area contributed by atoms with Gasteiger partial charge in [0.1, 0.15) is 10.8 Å². The number of aromatic nitrogens is 2. The maximum Gasteiger partial charge on any atom is 0.264 e. The van der Waals surface area contributed by atoms with Crippen molar-refractivity contribution in [2.45, 2.75) is 46.5 Å². The lowest BCUT2D eigenvalue weighted by atomic mass is 10.1. The number of carbonyl (C=O) groups is 1. The minimum Gasteiger partial charge on any atom is -0.483 e. The van der Waals surface area contributed by atoms with Crippen molar-refractivity contribution in [2.24, 2.45) is 0 Å². The molecule has 0 saturated carbocycles. The van der Waals surface area contributed by atoms with Crippen molar-refractivity contribution in [2.75, 3.05) is 11.9 Å². The fraction of sp³-hybridized carbons (Fsp3) is 0.471. The van der Waals surface area contributed by atoms with Crippen LogP contribution in [-0.2, 0) is 4.79 Å². The van der Waals surface area contributed by atoms with E-state index in [1.807, 2.05) is 32.0 Å². The molecule has 0 bridgehead atoms. The number of ether oxygens (including phenoxy) is 1. The van der Waals surface area contributed by atoms with Crippen LogP contribution in [0.25, 0.3) is 0 Å². The Morgan fingerprint density at radius 2 is 2.00 bits per heavy atom. The Bertz CT molecular complexity index is 666. The Hall–Kier alpha value is -1.95. The zero-order chi connectivity index (χ0) is 16.8. The SMILES string of the molecule is CCC(CC)c1nnc(NC(=O)COc2ccc(C)cc2C)s1. The predicted molar refractivity (Wildman–Crippen MR) is 93.3 cm³/mol. The van der Waals surface area contributed by atoms with E-state index in [1.54, 1.807) is 0 Å². The molecule has 1 aromatic heterocycles. The number of carbonyl (C=O) groups excluding carboxylic acids is 1. The summed E-state index contributed by atoms with van der Waals surface area (Å²) in [5.74, 6) is 0.905. The van der Waals surface area contributed by atoms with Gasteiger partial charge in [-0.1, -0.05) is 42.9 Å². The Labute approximate surface area is 141 Å². The van der Waals surface area contributed by atoms with Gasteiger partial charge in [-0.25, -0.2) is 0 Å². The Morgan fingerprint density at radius 1 is 1.26 bits per heavy atom. The van der Waals surface area contributed by atoms with Crippen molar-refractivity contribution in [3.63, 3.8) is 0 Å². The summed E-state index contributed by atoms with van der Waals surface area (Å²) in [7, 11) is 0. The third kappa shape index (κ3) is 4.76. The molecule has 0 aliphatic rings. The lowest BCUT2D eigenvalue weighted by Crippen LogP contribution is -2.20. The van der Waals surface area contributed by atoms with Crippen molar-refractivity contribution < 1.29 is 9.53 Å². The molecule has 23 heavy (non-hydrogen) atoms. The van der Waals surface area contributed by atoms with Gasteiger partial charge >= 0.3 is 0 Å². The van der Waals surface area contributed by atoms with Gasteiger partial charge in [0.05, 0.1) is 0 Å². The molecular weight excluding hydrogens is 310 g/mol. The van der Waals surface area contributed by atoms with Crippen LogP contribution in [-0.4, -0.2) is 22.7 Å². The number of anilines is 1. The van der Waals surface area contributed by atoms with Gasteiger partial charge in [-0.3, -0.25) is 10.1 Å². The van der Waals surface area contributed by atoms with Gasteiger partial charge in [-0.2, -0.15) is 0 Å². The topological polar surface area (TPSA) is 64.1 Å². The standard InChI is InChI=1S/C17H23N3O2S/c1-5-13(6-2)16-19-20-17(23-16)18-15(21)10-22-14-8-7-11(3)9-12(14)4/h7-9,13H,5-6,10H2,1-4H3,(H,18,20,21). The molecule has 1 amide bonds. The molecule has 0 fully saturated rings. The first-order valence-corrected chi connectivity index (χ1v) is 8.68. The van der Waals surface area contributed by atoms with Gasteiger partial charge < -0.3 is 4.74 Å². The number of rotatable bonds is 7. The quantitative estimate of drug-likeness (QED) is 0.829. The number of benzene rings is 1. The molecule has 124 valence electrons. The summed E-state index contributed by atoms with van der Waals surface area (Å²) in [6.07, 6.45) is 2.05. The number of nitrogens with zero attached hydrogens (tertiary/aromatic N) is 2. The Kier molecular flexibility index (Phi) is 6.10. The van der Waals surface area contributed by atoms with Crippen LogP contribution in [0.3, 0.4) is 0 Å². The average Bonchev–Trinajstić information content (AvgIpc) is 2.96. The summed E-state index contributed by atoms with van der Waals surface area (Å²) in [5, 5.41) is 12.5. The Morgan fingerprint density at radius 3 is 2.65 bits per heavy atom. The highest BCUT2D eigenvalue weighted by Gasteiger charge is 2.14. The van der Waals surface area contributed by atoms with Crippen LogP contribution in [0.4, 0.5) is 5.13 Å². The third-order valence-electron chi connectivity index (χ3n) is 3.71. The summed E-state index contributed by atoms with van der Waals surface area (Å²) < 4.78 is 5.57. The first-order valence-electron chi connectivity index (χ1n) is 7.86. The molecule has 5 nitrogen and oxygen atoms in total. The highest BCUT2D eigenvalue weighted by Crippen LogP contribution is 2.28. The molecule has 6 heteroatoms. The lowest BCUT2D eigenvalue weighted by Gasteiger charge is -2.09. The lowest BCUT2D eigenvalue weighted by molar-refractivity contribution is -0.118. The van der Waals surface area contributed by atoms with Crippen molar-refractivity contribution in [3.05, 3.63) is 34.3 Å². The highest BCUT2D eigenvalue weighted by atomic mass is 32.1. The fourth-order valence-electron chi connectivity index (χ4n) is 2.35. The summed E-state index contributed by atoms with van der Waals surface area (Å²) in [6, 6.07) is 5.88. The van der Waals surface area contributed by atoms with Crippen molar-refractivity contribution in [3.8, 4) is 5.75 Å². The van der Waals surface area contributed by atoms with E-state index in [0.29, 0.717) is 11.0 Å². The van der Waals surface area contributed by atoms with Gasteiger partial charge in [-0.05, 0) is 38.3 Å². The molecule has 1 heterocycles. The third-order valence-corrected chi connectivity index (χ3v) is 4.71. The van der Waals surface area contributed by atoms with Crippen molar-refractivity contribution in [1.29, 1.82) is 0 Å². The molecule has 1 aromatic carbocycles. The minimum atomic E-state index is -0.225. The molecule has 0 unspecified atom stereocenters. The molecule has 0 saturated heterocycles. The van der Waals surface area contributed by atoms with Crippen LogP contribution in [0.15, 0.2) is 18.2 Å². The maximum atomic E-state index is 12.0. The van der Waals surface area contributed by atoms with Crippen LogP contribution >= 0.6 is 11.3 Å². The molecule has 0 aliphatic carbocycles. The van der Waals surface area contributed by atoms with E-state index in [2.05, 4.69) is 29.4 Å². The molecule has 2 aromatic rings. The van der Waals surface area contributed by atoms with Crippen LogP contribution in [0.1, 0.15) is 48.7 Å². The molecule has 0 spiro atoms. The zero-order valence-electron chi connectivity index (χ0n) is 14.0. The van der Waals surface area contributed by atoms with Gasteiger partial charge in [0, 0.05) is 5.92 Å². The number of amides is 1. The van der Waals surface area contributed by atoms with Crippen LogP contribution < -0.4 is 10.1 Å². The Balaban J connectivity index is 1.90. The van der Waals surface area contributed by atoms with Gasteiger partial charge in [0.15, 0.2) is 6.61 Å². The van der Waals surface area contributed by atoms with E-state index in [0.717, 1.165) is 29.2 Å². The number of nitrogens with one attached hydrogen (secondary N) is 1. The van der Waals surface area contributed by atoms with Crippen molar-refractivity contribution >= 4 is 22.4 Å². The molecule has 0 aliphatic heterocycles. The number of hydrogen-bond donors (Lipinski definition) is 1. The molecule has 0 atom stereocenters. The fourth-order valence-corrected chi connectivity index (χ4v) is 3.37. The molecule has 1 N–H and O–H groups in total. The van der Waals surface area contributed by atoms with Gasteiger partial charge in [-0.15, -0.1) is 10.2 Å². The minimum absolute atomic E-state index is 0.0379. The number of aryl methyl sites for hydroxylation is 2. The van der Waals surface area contributed by atoms with Crippen LogP contribution in [0.5, 0.6) is 5.75 Å². The second-order valence-electron chi connectivity index (χ2n) is 5.56. The average molecular weight is 333 g/mol. The van der Waals surface area contributed by atoms with Crippen LogP contribution in [0, 0.1) is 13.8 Å². The summed E-state index contributed by atoms with van der Waals surface area (Å²) >= 11 is 1.44. The predicted octanol–water partition coefficient (Wildman–Crippen LogP) is 4.08. The maximum absolute atomic E-state index is 12.0. The number of hydrogen-bond acceptors (Lipinski definition) is 5. The largest absolute Gasteiger partial charge is 0.483 e.